The van der Waals surface area contributed by atoms with E-state index >= 15 is 0 Å². The summed E-state index contributed by atoms with van der Waals surface area (Å²) in [7, 11) is 0. The van der Waals surface area contributed by atoms with Gasteiger partial charge in [-0.05, 0) is 170 Å². The van der Waals surface area contributed by atoms with E-state index in [4.69, 9.17) is 17.5 Å². The smallest absolute Gasteiger partial charge is 0.121 e. The SMILES string of the molecule is CCCCCCc1ccc(C#Cc2c3ccc(C#Cc4ccc(-c5ccc(CCCCCC)s5)c5nsnc45)cc3c(C#Cc3ccc(CCCCCC)cc3)c3ccc(C#Cc4ccc(-c5ccc(CCCCCC)s5)c5nsnc45)cc23)cc1. The van der Waals surface area contributed by atoms with Crippen LogP contribution in [-0.2, 0) is 25.7 Å². The highest BCUT2D eigenvalue weighted by molar-refractivity contribution is 7.16. The van der Waals surface area contributed by atoms with Gasteiger partial charge in [-0.2, -0.15) is 17.5 Å². The number of fused-ring (bicyclic) bond motifs is 4. The van der Waals surface area contributed by atoms with Crippen LogP contribution in [0.15, 0.2) is 133 Å². The van der Waals surface area contributed by atoms with E-state index in [2.05, 4.69) is 209 Å². The summed E-state index contributed by atoms with van der Waals surface area (Å²) in [6.45, 7) is 9.06. The van der Waals surface area contributed by atoms with Crippen LogP contribution in [0.3, 0.4) is 0 Å². The Kier molecular flexibility index (Phi) is 21.0. The zero-order valence-electron chi connectivity index (χ0n) is 50.3. The molecule has 4 heterocycles. The van der Waals surface area contributed by atoms with Crippen molar-refractivity contribution in [2.45, 2.75) is 156 Å². The number of unbranched alkanes of at least 4 members (excludes halogenated alkanes) is 12. The van der Waals surface area contributed by atoms with E-state index in [1.54, 1.807) is 0 Å². The molecule has 0 N–H and O–H groups in total. The molecule has 0 saturated heterocycles. The highest BCUT2D eigenvalue weighted by Crippen LogP contribution is 2.38. The number of thiophene rings is 2. The van der Waals surface area contributed by atoms with Crippen LogP contribution in [0.2, 0.25) is 0 Å². The molecule has 0 amide bonds. The first-order valence-corrected chi connectivity index (χ1v) is 34.5. The minimum Gasteiger partial charge on any atom is -0.172 e. The summed E-state index contributed by atoms with van der Waals surface area (Å²) in [6.07, 6.45) is 24.4. The van der Waals surface area contributed by atoms with E-state index in [0.717, 1.165) is 125 Å². The summed E-state index contributed by atoms with van der Waals surface area (Å²) in [5.74, 6) is 28.9. The van der Waals surface area contributed by atoms with Crippen LogP contribution in [0, 0.1) is 47.4 Å². The molecule has 8 heteroatoms. The fourth-order valence-corrected chi connectivity index (χ4v) is 14.6. The summed E-state index contributed by atoms with van der Waals surface area (Å²) < 4.78 is 19.3. The predicted molar refractivity (Wildman–Crippen MR) is 371 cm³/mol. The molecule has 0 radical (unpaired) electrons. The van der Waals surface area contributed by atoms with Gasteiger partial charge in [-0.15, -0.1) is 22.7 Å². The Balaban J connectivity index is 0.999. The van der Waals surface area contributed by atoms with Crippen LogP contribution >= 0.6 is 46.1 Å². The summed E-state index contributed by atoms with van der Waals surface area (Å²) in [6, 6.07) is 48.4. The van der Waals surface area contributed by atoms with E-state index in [9.17, 15) is 0 Å². The highest BCUT2D eigenvalue weighted by Gasteiger charge is 2.17. The molecule has 430 valence electrons. The maximum Gasteiger partial charge on any atom is 0.121 e. The number of hydrogen-bond donors (Lipinski definition) is 0. The Labute approximate surface area is 526 Å². The van der Waals surface area contributed by atoms with E-state index in [0.29, 0.717) is 0 Å². The Morgan fingerprint density at radius 3 is 1.08 bits per heavy atom. The van der Waals surface area contributed by atoms with Crippen LogP contribution in [0.5, 0.6) is 0 Å². The first kappa shape index (κ1) is 60.0. The Morgan fingerprint density at radius 2 is 0.674 bits per heavy atom. The predicted octanol–water partition coefficient (Wildman–Crippen LogP) is 21.5. The van der Waals surface area contributed by atoms with Crippen molar-refractivity contribution in [2.24, 2.45) is 0 Å². The fraction of sp³-hybridized carbons (Fsp3) is 0.308. The van der Waals surface area contributed by atoms with E-state index in [1.807, 2.05) is 22.7 Å². The zero-order valence-corrected chi connectivity index (χ0v) is 53.5. The molecule has 11 rings (SSSR count). The minimum atomic E-state index is 0.842. The third-order valence-corrected chi connectivity index (χ3v) is 19.7. The molecule has 7 aromatic carbocycles. The molecule has 0 spiro atoms. The van der Waals surface area contributed by atoms with E-state index in [-0.39, 0.29) is 0 Å². The second-order valence-electron chi connectivity index (χ2n) is 22.7. The van der Waals surface area contributed by atoms with Crippen molar-refractivity contribution in [2.75, 3.05) is 0 Å². The fourth-order valence-electron chi connectivity index (χ4n) is 11.3. The van der Waals surface area contributed by atoms with Gasteiger partial charge in [0.1, 0.15) is 22.1 Å². The standard InChI is InChI=1S/C78H74N4S4/c1-5-9-13-17-21-55-25-29-57(30-26-55)35-45-65-67-47-37-60(34-40-62-42-50-70(78-76(62)80-86-82-78)74-52-44-64(84-74)24-20-16-12-8-4)54-72(67)66(46-36-58-31-27-56(28-32-58)22-18-14-10-6-2)68-48-38-59(53-71(65)68)33-39-61-41-49-69(77-75(61)79-85-81-77)73-51-43-63(83-73)23-19-15-11-7-3/h25-32,37-38,41-44,47-54H,5-24H2,1-4H3. The summed E-state index contributed by atoms with van der Waals surface area (Å²) in [5, 5.41) is 4.03. The zero-order chi connectivity index (χ0) is 58.9. The van der Waals surface area contributed by atoms with Crippen LogP contribution in [0.1, 0.15) is 196 Å². The van der Waals surface area contributed by atoms with Crippen molar-refractivity contribution in [3.05, 3.63) is 199 Å². The van der Waals surface area contributed by atoms with Crippen LogP contribution in [0.4, 0.5) is 0 Å². The molecule has 0 unspecified atom stereocenters. The summed E-state index contributed by atoms with van der Waals surface area (Å²) in [4.78, 5) is 5.30. The lowest BCUT2D eigenvalue weighted by Gasteiger charge is -2.12. The lowest BCUT2D eigenvalue weighted by molar-refractivity contribution is 0.667. The lowest BCUT2D eigenvalue weighted by Crippen LogP contribution is -1.93. The number of rotatable bonds is 22. The number of aromatic nitrogens is 4. The molecule has 0 fully saturated rings. The highest BCUT2D eigenvalue weighted by atomic mass is 32.1. The second-order valence-corrected chi connectivity index (χ2v) is 26.1. The topological polar surface area (TPSA) is 51.6 Å². The number of nitrogens with zero attached hydrogens (tertiary/aromatic N) is 4. The van der Waals surface area contributed by atoms with Gasteiger partial charge in [-0.25, -0.2) is 0 Å². The largest absolute Gasteiger partial charge is 0.172 e. The maximum atomic E-state index is 4.83. The maximum absolute atomic E-state index is 4.83. The molecule has 86 heavy (non-hydrogen) atoms. The van der Waals surface area contributed by atoms with E-state index < -0.39 is 0 Å². The van der Waals surface area contributed by atoms with Gasteiger partial charge in [-0.3, -0.25) is 0 Å². The van der Waals surface area contributed by atoms with Gasteiger partial charge >= 0.3 is 0 Å². The molecule has 0 aliphatic heterocycles. The molecular formula is C78H74N4S4. The summed E-state index contributed by atoms with van der Waals surface area (Å²) in [5.41, 5.74) is 15.7. The average molecular weight is 1200 g/mol. The molecule has 0 aliphatic carbocycles. The second kappa shape index (κ2) is 30.1. The number of aryl methyl sites for hydroxylation is 4. The molecular weight excluding hydrogens is 1120 g/mol. The Morgan fingerprint density at radius 1 is 0.302 bits per heavy atom. The van der Waals surface area contributed by atoms with Crippen molar-refractivity contribution in [1.29, 1.82) is 0 Å². The van der Waals surface area contributed by atoms with Crippen molar-refractivity contribution >= 4 is 89.7 Å². The van der Waals surface area contributed by atoms with Gasteiger partial charge in [0.2, 0.25) is 0 Å². The molecule has 0 bridgehead atoms. The molecule has 0 atom stereocenters. The molecule has 4 nitrogen and oxygen atoms in total. The van der Waals surface area contributed by atoms with Gasteiger partial charge < -0.3 is 0 Å². The van der Waals surface area contributed by atoms with Crippen molar-refractivity contribution in [1.82, 2.24) is 17.5 Å². The van der Waals surface area contributed by atoms with Crippen molar-refractivity contribution in [3.8, 4) is 68.2 Å². The first-order valence-electron chi connectivity index (χ1n) is 31.4. The first-order chi connectivity index (χ1) is 42.5. The third kappa shape index (κ3) is 14.9. The molecule has 0 aliphatic rings. The monoisotopic (exact) mass is 1190 g/mol. The molecule has 11 aromatic rings. The van der Waals surface area contributed by atoms with Gasteiger partial charge in [0.25, 0.3) is 0 Å². The van der Waals surface area contributed by atoms with E-state index in [1.165, 1.54) is 157 Å². The number of hydrogen-bond acceptors (Lipinski definition) is 8. The molecule has 0 saturated carbocycles. The molecule has 4 aromatic heterocycles. The van der Waals surface area contributed by atoms with Crippen LogP contribution in [-0.4, -0.2) is 17.5 Å². The normalized spacial score (nSPS) is 11.1. The Bertz CT molecular complexity index is 4100. The van der Waals surface area contributed by atoms with Crippen molar-refractivity contribution < 1.29 is 0 Å². The van der Waals surface area contributed by atoms with Gasteiger partial charge in [0.15, 0.2) is 0 Å². The van der Waals surface area contributed by atoms with Gasteiger partial charge in [0, 0.05) is 74.8 Å². The Hall–Kier alpha value is -7.66. The minimum absolute atomic E-state index is 0.842. The van der Waals surface area contributed by atoms with Gasteiger partial charge in [-0.1, -0.05) is 189 Å². The quantitative estimate of drug-likeness (QED) is 0.0385. The summed E-state index contributed by atoms with van der Waals surface area (Å²) >= 11 is 6.24. The van der Waals surface area contributed by atoms with Gasteiger partial charge in [0.05, 0.1) is 34.6 Å². The van der Waals surface area contributed by atoms with Crippen molar-refractivity contribution in [3.63, 3.8) is 0 Å². The van der Waals surface area contributed by atoms with Crippen LogP contribution in [0.25, 0.3) is 64.5 Å². The average Bonchev–Trinajstić information content (AvgIpc) is 2.31. The third-order valence-electron chi connectivity index (χ3n) is 16.2. The number of benzene rings is 7. The lowest BCUT2D eigenvalue weighted by atomic mass is 9.89. The van der Waals surface area contributed by atoms with Crippen LogP contribution < -0.4 is 0 Å².